The van der Waals surface area contributed by atoms with Gasteiger partial charge in [-0.25, -0.2) is 24.1 Å². The molecule has 1 aromatic carbocycles. The van der Waals surface area contributed by atoms with Crippen molar-refractivity contribution in [3.05, 3.63) is 65.3 Å². The van der Waals surface area contributed by atoms with Crippen LogP contribution >= 0.6 is 11.6 Å². The first-order valence-electron chi connectivity index (χ1n) is 11.8. The molecule has 0 aliphatic carbocycles. The quantitative estimate of drug-likeness (QED) is 0.259. The molecule has 0 radical (unpaired) electrons. The number of fused-ring (bicyclic) bond motifs is 1. The number of benzene rings is 1. The Morgan fingerprint density at radius 1 is 1.21 bits per heavy atom. The fourth-order valence-corrected chi connectivity index (χ4v) is 4.57. The second-order valence-electron chi connectivity index (χ2n) is 8.99. The van der Waals surface area contributed by atoms with Gasteiger partial charge in [0, 0.05) is 48.7 Å². The number of hydrogen-bond donors (Lipinski definition) is 3. The summed E-state index contributed by atoms with van der Waals surface area (Å²) in [5, 5.41) is 6.70. The number of carbonyl (C=O) groups is 1. The second kappa shape index (κ2) is 10.4. The van der Waals surface area contributed by atoms with Crippen molar-refractivity contribution in [3.63, 3.8) is 0 Å². The number of H-pyrrole nitrogens is 1. The third-order valence-corrected chi connectivity index (χ3v) is 6.49. The predicted octanol–water partition coefficient (Wildman–Crippen LogP) is 6.19. The third kappa shape index (κ3) is 5.64. The lowest BCUT2D eigenvalue weighted by molar-refractivity contribution is -0.137. The molecular weight excluding hydrogens is 526 g/mol. The topological polar surface area (TPSA) is 98.8 Å². The summed E-state index contributed by atoms with van der Waals surface area (Å²) in [7, 11) is 0. The van der Waals surface area contributed by atoms with Gasteiger partial charge in [-0.05, 0) is 43.0 Å². The Bertz CT molecular complexity index is 1480. The van der Waals surface area contributed by atoms with Gasteiger partial charge in [-0.3, -0.25) is 0 Å². The first kappa shape index (κ1) is 25.7. The van der Waals surface area contributed by atoms with Gasteiger partial charge in [-0.2, -0.15) is 13.2 Å². The number of amides is 2. The normalized spacial score (nSPS) is 16.0. The number of alkyl halides is 3. The highest BCUT2D eigenvalue weighted by atomic mass is 35.5. The van der Waals surface area contributed by atoms with Crippen molar-refractivity contribution < 1.29 is 22.4 Å². The van der Waals surface area contributed by atoms with E-state index in [0.717, 1.165) is 24.8 Å². The number of nitrogens with one attached hydrogen (secondary N) is 3. The molecule has 2 amide bonds. The van der Waals surface area contributed by atoms with Gasteiger partial charge >= 0.3 is 12.2 Å². The van der Waals surface area contributed by atoms with Gasteiger partial charge in [0.1, 0.15) is 5.65 Å². The summed E-state index contributed by atoms with van der Waals surface area (Å²) >= 11 is 6.06. The number of aromatic nitrogens is 4. The Morgan fingerprint density at radius 2 is 2.05 bits per heavy atom. The molecule has 4 aromatic rings. The van der Waals surface area contributed by atoms with Crippen molar-refractivity contribution in [2.75, 3.05) is 30.3 Å². The number of halogens is 5. The lowest BCUT2D eigenvalue weighted by Crippen LogP contribution is -2.44. The number of piperidine rings is 1. The number of aromatic amines is 1. The number of hydrogen-bond acceptors (Lipinski definition) is 5. The molecule has 4 heterocycles. The van der Waals surface area contributed by atoms with Crippen molar-refractivity contribution in [2.24, 2.45) is 5.92 Å². The number of rotatable bonds is 5. The average Bonchev–Trinajstić information content (AvgIpc) is 3.31. The van der Waals surface area contributed by atoms with Crippen molar-refractivity contribution in [1.29, 1.82) is 0 Å². The number of likely N-dealkylation sites (tertiary alicyclic amines) is 1. The van der Waals surface area contributed by atoms with E-state index in [0.29, 0.717) is 47.7 Å². The molecule has 198 valence electrons. The molecule has 1 fully saturated rings. The monoisotopic (exact) mass is 547 g/mol. The van der Waals surface area contributed by atoms with Crippen LogP contribution in [0.1, 0.15) is 18.4 Å². The number of carbonyl (C=O) groups excluding carboxylic acids is 1. The fraction of sp³-hybridized carbons (Fsp3) is 0.280. The largest absolute Gasteiger partial charge is 0.416 e. The Kier molecular flexibility index (Phi) is 7.06. The highest BCUT2D eigenvalue weighted by Gasteiger charge is 2.31. The molecule has 3 aromatic heterocycles. The van der Waals surface area contributed by atoms with Crippen molar-refractivity contribution >= 4 is 40.2 Å². The summed E-state index contributed by atoms with van der Waals surface area (Å²) < 4.78 is 53.5. The van der Waals surface area contributed by atoms with Crippen LogP contribution in [0.15, 0.2) is 48.9 Å². The van der Waals surface area contributed by atoms with Crippen molar-refractivity contribution in [2.45, 2.75) is 19.0 Å². The number of pyridine rings is 1. The zero-order valence-corrected chi connectivity index (χ0v) is 20.6. The predicted molar refractivity (Wildman–Crippen MR) is 135 cm³/mol. The first-order chi connectivity index (χ1) is 18.2. The van der Waals surface area contributed by atoms with Gasteiger partial charge in [0.25, 0.3) is 0 Å². The number of urea groups is 1. The van der Waals surface area contributed by atoms with E-state index in [1.54, 1.807) is 17.2 Å². The zero-order valence-electron chi connectivity index (χ0n) is 19.8. The molecule has 3 N–H and O–H groups in total. The Labute approximate surface area is 219 Å². The molecular formula is C25H22ClF4N7O. The van der Waals surface area contributed by atoms with E-state index >= 15 is 0 Å². The lowest BCUT2D eigenvalue weighted by atomic mass is 9.98. The maximum Gasteiger partial charge on any atom is 0.416 e. The molecule has 0 saturated carbocycles. The molecule has 38 heavy (non-hydrogen) atoms. The van der Waals surface area contributed by atoms with Gasteiger partial charge in [0.2, 0.25) is 0 Å². The van der Waals surface area contributed by atoms with Crippen molar-refractivity contribution in [3.8, 4) is 11.4 Å². The number of nitrogens with zero attached hydrogens (tertiary/aromatic N) is 4. The standard InChI is InChI=1S/C25H22ClF4N7O/c26-16-8-18-19(11-33-21(18)32-10-16)22-34-12-20(27)23(36-22)31-9-14-3-2-6-37(13-14)24(38)35-17-5-1-4-15(7-17)25(28,29)30/h1,4-5,7-8,10-12,14H,2-3,6,9,13H2,(H,32,33)(H,35,38)(H,31,34,36)/t14-/m1/s1. The highest BCUT2D eigenvalue weighted by molar-refractivity contribution is 6.31. The molecule has 8 nitrogen and oxygen atoms in total. The van der Waals surface area contributed by atoms with E-state index in [1.165, 1.54) is 18.3 Å². The molecule has 1 atom stereocenters. The number of anilines is 2. The Balaban J connectivity index is 1.23. The van der Waals surface area contributed by atoms with Gasteiger partial charge in [-0.1, -0.05) is 17.7 Å². The molecule has 13 heteroatoms. The minimum atomic E-state index is -4.50. The summed E-state index contributed by atoms with van der Waals surface area (Å²) in [6.45, 7) is 1.15. The highest BCUT2D eigenvalue weighted by Crippen LogP contribution is 2.31. The average molecular weight is 548 g/mol. The van der Waals surface area contributed by atoms with Gasteiger partial charge in [0.05, 0.1) is 16.8 Å². The molecule has 1 aliphatic heterocycles. The summed E-state index contributed by atoms with van der Waals surface area (Å²) in [4.78, 5) is 29.9. The maximum absolute atomic E-state index is 14.5. The maximum atomic E-state index is 14.5. The van der Waals surface area contributed by atoms with Crippen LogP contribution in [0, 0.1) is 11.7 Å². The van der Waals surface area contributed by atoms with E-state index in [-0.39, 0.29) is 23.2 Å². The summed E-state index contributed by atoms with van der Waals surface area (Å²) in [5.41, 5.74) is 0.439. The fourth-order valence-electron chi connectivity index (χ4n) is 4.42. The Hall–Kier alpha value is -3.93. The summed E-state index contributed by atoms with van der Waals surface area (Å²) in [6.07, 6.45) is 1.24. The van der Waals surface area contributed by atoms with Crippen LogP contribution in [-0.2, 0) is 6.18 Å². The summed E-state index contributed by atoms with van der Waals surface area (Å²) in [6, 6.07) is 5.72. The second-order valence-corrected chi connectivity index (χ2v) is 9.42. The molecule has 0 unspecified atom stereocenters. The van der Waals surface area contributed by atoms with Gasteiger partial charge in [-0.15, -0.1) is 0 Å². The SMILES string of the molecule is O=C(Nc1cccc(C(F)(F)F)c1)N1CCC[C@H](CNc2nc(-c3c[nH]c4ncc(Cl)cc34)ncc2F)C1. The molecule has 1 saturated heterocycles. The lowest BCUT2D eigenvalue weighted by Gasteiger charge is -2.33. The van der Waals surface area contributed by atoms with E-state index in [2.05, 4.69) is 30.6 Å². The minimum Gasteiger partial charge on any atom is -0.367 e. The van der Waals surface area contributed by atoms with Gasteiger partial charge in [0.15, 0.2) is 17.5 Å². The van der Waals surface area contributed by atoms with E-state index in [4.69, 9.17) is 11.6 Å². The van der Waals surface area contributed by atoms with Crippen LogP contribution < -0.4 is 10.6 Å². The van der Waals surface area contributed by atoms with Crippen LogP contribution in [0.5, 0.6) is 0 Å². The van der Waals surface area contributed by atoms with Gasteiger partial charge < -0.3 is 20.5 Å². The third-order valence-electron chi connectivity index (χ3n) is 6.29. The van der Waals surface area contributed by atoms with E-state index in [9.17, 15) is 22.4 Å². The Morgan fingerprint density at radius 3 is 2.87 bits per heavy atom. The van der Waals surface area contributed by atoms with E-state index < -0.39 is 23.6 Å². The molecule has 0 bridgehead atoms. The van der Waals surface area contributed by atoms with Crippen molar-refractivity contribution in [1.82, 2.24) is 24.8 Å². The van der Waals surface area contributed by atoms with Crippen LogP contribution in [0.4, 0.5) is 33.9 Å². The van der Waals surface area contributed by atoms with Crippen LogP contribution in [0.2, 0.25) is 5.02 Å². The molecule has 1 aliphatic rings. The summed E-state index contributed by atoms with van der Waals surface area (Å²) in [5.74, 6) is -0.343. The molecule has 5 rings (SSSR count). The van der Waals surface area contributed by atoms with E-state index in [1.807, 2.05) is 0 Å². The zero-order chi connectivity index (χ0) is 26.9. The minimum absolute atomic E-state index is 0.0184. The van der Waals surface area contributed by atoms with Crippen LogP contribution in [-0.4, -0.2) is 50.5 Å². The van der Waals surface area contributed by atoms with Crippen LogP contribution in [0.3, 0.4) is 0 Å². The first-order valence-corrected chi connectivity index (χ1v) is 12.2. The van der Waals surface area contributed by atoms with Crippen LogP contribution in [0.25, 0.3) is 22.4 Å². The molecule has 0 spiro atoms. The smallest absolute Gasteiger partial charge is 0.367 e.